The number of halogens is 2. The second kappa shape index (κ2) is 14.0. The molecule has 1 saturated carbocycles. The number of aromatic hydroxyl groups is 1. The van der Waals surface area contributed by atoms with Crippen LogP contribution in [0.15, 0.2) is 47.4 Å². The molecule has 0 aliphatic heterocycles. The van der Waals surface area contributed by atoms with Crippen LogP contribution in [0.1, 0.15) is 38.7 Å². The van der Waals surface area contributed by atoms with Gasteiger partial charge in [-0.25, -0.2) is 0 Å². The summed E-state index contributed by atoms with van der Waals surface area (Å²) in [7, 11) is 1.85. The molecule has 1 aliphatic rings. The van der Waals surface area contributed by atoms with Gasteiger partial charge in [0.2, 0.25) is 0 Å². The highest BCUT2D eigenvalue weighted by Gasteiger charge is 2.36. The summed E-state index contributed by atoms with van der Waals surface area (Å²) in [5.41, 5.74) is 2.05. The van der Waals surface area contributed by atoms with E-state index in [1.807, 2.05) is 45.2 Å². The quantitative estimate of drug-likeness (QED) is 0.297. The topological polar surface area (TPSA) is 70.6 Å². The predicted octanol–water partition coefficient (Wildman–Crippen LogP) is 5.67. The van der Waals surface area contributed by atoms with Crippen LogP contribution in [0.4, 0.5) is 14.5 Å². The largest absolute Gasteiger partial charge is 0.504 e. The van der Waals surface area contributed by atoms with Gasteiger partial charge >= 0.3 is 6.61 Å². The number of thiol groups is 1. The number of carbonyl (C=O) groups excluding carboxylic acids is 1. The highest BCUT2D eigenvalue weighted by molar-refractivity contribution is 7.80. The summed E-state index contributed by atoms with van der Waals surface area (Å²) in [4.78, 5) is 10.9. The Bertz CT molecular complexity index is 794. The van der Waals surface area contributed by atoms with Crippen LogP contribution in [0.2, 0.25) is 0 Å². The van der Waals surface area contributed by atoms with E-state index in [2.05, 4.69) is 34.9 Å². The van der Waals surface area contributed by atoms with Crippen molar-refractivity contribution in [3.63, 3.8) is 0 Å². The van der Waals surface area contributed by atoms with Crippen LogP contribution in [-0.2, 0) is 4.79 Å². The average Bonchev–Trinajstić information content (AvgIpc) is 3.50. The molecule has 1 unspecified atom stereocenters. The number of hydrogen-bond donors (Lipinski definition) is 4. The molecule has 0 bridgehead atoms. The lowest BCUT2D eigenvalue weighted by molar-refractivity contribution is -0.111. The summed E-state index contributed by atoms with van der Waals surface area (Å²) in [6, 6.07) is 12.5. The van der Waals surface area contributed by atoms with E-state index in [-0.39, 0.29) is 23.0 Å². The normalized spacial score (nSPS) is 14.2. The van der Waals surface area contributed by atoms with Crippen LogP contribution in [0.25, 0.3) is 0 Å². The molecule has 8 heteroatoms. The lowest BCUT2D eigenvalue weighted by Crippen LogP contribution is -2.30. The Morgan fingerprint density at radius 3 is 2.22 bits per heavy atom. The van der Waals surface area contributed by atoms with Gasteiger partial charge < -0.3 is 25.3 Å². The van der Waals surface area contributed by atoms with Crippen molar-refractivity contribution in [1.82, 2.24) is 5.32 Å². The zero-order chi connectivity index (χ0) is 24.1. The number of phenolic OH excluding ortho intramolecular Hbond substituents is 1. The van der Waals surface area contributed by atoms with E-state index in [1.54, 1.807) is 6.07 Å². The fraction of sp³-hybridized carbons (Fsp3) is 0.458. The molecule has 1 atom stereocenters. The first-order valence-electron chi connectivity index (χ1n) is 10.5. The fourth-order valence-electron chi connectivity index (χ4n) is 2.44. The zero-order valence-corrected chi connectivity index (χ0v) is 20.0. The minimum absolute atomic E-state index is 0.111. The second-order valence-corrected chi connectivity index (χ2v) is 8.49. The highest BCUT2D eigenvalue weighted by Crippen LogP contribution is 2.42. The van der Waals surface area contributed by atoms with Crippen LogP contribution in [0.3, 0.4) is 0 Å². The molecule has 0 aromatic heterocycles. The number of ether oxygens (including phenoxy) is 1. The number of phenols is 1. The molecule has 0 saturated heterocycles. The van der Waals surface area contributed by atoms with Crippen LogP contribution >= 0.6 is 12.6 Å². The van der Waals surface area contributed by atoms with E-state index in [1.165, 1.54) is 17.7 Å². The van der Waals surface area contributed by atoms with Crippen molar-refractivity contribution < 1.29 is 23.4 Å². The van der Waals surface area contributed by atoms with Crippen molar-refractivity contribution >= 4 is 24.6 Å². The minimum Gasteiger partial charge on any atom is -0.504 e. The lowest BCUT2D eigenvalue weighted by Gasteiger charge is -2.18. The molecule has 0 radical (unpaired) electrons. The molecule has 32 heavy (non-hydrogen) atoms. The van der Waals surface area contributed by atoms with E-state index in [0.717, 1.165) is 37.0 Å². The van der Waals surface area contributed by atoms with Gasteiger partial charge in [0, 0.05) is 34.7 Å². The average molecular weight is 469 g/mol. The summed E-state index contributed by atoms with van der Waals surface area (Å²) in [6.07, 6.45) is 4.16. The number of benzene rings is 2. The van der Waals surface area contributed by atoms with Gasteiger partial charge in [-0.15, -0.1) is 12.6 Å². The molecule has 0 spiro atoms. The summed E-state index contributed by atoms with van der Waals surface area (Å²) < 4.78 is 28.2. The monoisotopic (exact) mass is 468 g/mol. The van der Waals surface area contributed by atoms with Crippen molar-refractivity contribution in [2.75, 3.05) is 18.9 Å². The SMILES string of the molecule is CC1(C=O)CC1.CCC(CNC)Nc1ccc(OC(F)F)c(O)c1.Cc1ccc(S)cc1. The molecule has 3 rings (SSSR count). The molecular formula is C24H34F2N2O3S. The first kappa shape index (κ1) is 27.7. The molecule has 3 N–H and O–H groups in total. The van der Waals surface area contributed by atoms with Gasteiger partial charge in [0.15, 0.2) is 11.5 Å². The molecule has 2 aromatic rings. The third-order valence-corrected chi connectivity index (χ3v) is 5.14. The van der Waals surface area contributed by atoms with Crippen LogP contribution in [0.5, 0.6) is 11.5 Å². The second-order valence-electron chi connectivity index (χ2n) is 7.98. The third-order valence-electron chi connectivity index (χ3n) is 4.85. The molecule has 5 nitrogen and oxygen atoms in total. The van der Waals surface area contributed by atoms with Gasteiger partial charge in [-0.2, -0.15) is 8.78 Å². The summed E-state index contributed by atoms with van der Waals surface area (Å²) in [6.45, 7) is 3.91. The van der Waals surface area contributed by atoms with Crippen molar-refractivity contribution in [2.24, 2.45) is 5.41 Å². The van der Waals surface area contributed by atoms with Gasteiger partial charge in [-0.05, 0) is 57.5 Å². The summed E-state index contributed by atoms with van der Waals surface area (Å²) >= 11 is 4.13. The maximum absolute atomic E-state index is 12.0. The Balaban J connectivity index is 0.000000296. The molecule has 2 aromatic carbocycles. The molecule has 178 valence electrons. The number of aryl methyl sites for hydroxylation is 1. The molecule has 1 fully saturated rings. The van der Waals surface area contributed by atoms with Crippen molar-refractivity contribution in [3.8, 4) is 11.5 Å². The first-order valence-corrected chi connectivity index (χ1v) is 11.0. The number of likely N-dealkylation sites (N-methyl/N-ethyl adjacent to an activating group) is 1. The number of alkyl halides is 2. The number of anilines is 1. The van der Waals surface area contributed by atoms with Gasteiger partial charge in [0.25, 0.3) is 0 Å². The molecule has 1 aliphatic carbocycles. The van der Waals surface area contributed by atoms with E-state index >= 15 is 0 Å². The maximum Gasteiger partial charge on any atom is 0.387 e. The van der Waals surface area contributed by atoms with Crippen molar-refractivity contribution in [2.45, 2.75) is 57.6 Å². The van der Waals surface area contributed by atoms with Crippen molar-refractivity contribution in [1.29, 1.82) is 0 Å². The number of hydrogen-bond acceptors (Lipinski definition) is 6. The molecule has 0 heterocycles. The van der Waals surface area contributed by atoms with E-state index < -0.39 is 6.61 Å². The number of carbonyl (C=O) groups is 1. The van der Waals surface area contributed by atoms with Gasteiger partial charge in [-0.1, -0.05) is 31.5 Å². The summed E-state index contributed by atoms with van der Waals surface area (Å²) in [5.74, 6) is -0.531. The Hall–Kier alpha value is -2.32. The molecular weight excluding hydrogens is 434 g/mol. The Labute approximate surface area is 195 Å². The van der Waals surface area contributed by atoms with Crippen LogP contribution < -0.4 is 15.4 Å². The van der Waals surface area contributed by atoms with E-state index in [4.69, 9.17) is 0 Å². The van der Waals surface area contributed by atoms with E-state index in [0.29, 0.717) is 5.69 Å². The van der Waals surface area contributed by atoms with Crippen LogP contribution in [0, 0.1) is 12.3 Å². The maximum atomic E-state index is 12.0. The smallest absolute Gasteiger partial charge is 0.387 e. The van der Waals surface area contributed by atoms with Crippen LogP contribution in [-0.4, -0.2) is 37.6 Å². The number of nitrogens with one attached hydrogen (secondary N) is 2. The Kier molecular flexibility index (Phi) is 12.1. The Morgan fingerprint density at radius 1 is 1.22 bits per heavy atom. The fourth-order valence-corrected chi connectivity index (χ4v) is 2.59. The summed E-state index contributed by atoms with van der Waals surface area (Å²) in [5, 5.41) is 15.8. The van der Waals surface area contributed by atoms with Gasteiger partial charge in [0.05, 0.1) is 0 Å². The lowest BCUT2D eigenvalue weighted by atomic mass is 10.2. The predicted molar refractivity (Wildman–Crippen MR) is 128 cm³/mol. The van der Waals surface area contributed by atoms with Gasteiger partial charge in [-0.3, -0.25) is 0 Å². The highest BCUT2D eigenvalue weighted by atomic mass is 32.1. The zero-order valence-electron chi connectivity index (χ0n) is 19.1. The first-order chi connectivity index (χ1) is 15.1. The minimum atomic E-state index is -2.94. The number of rotatable bonds is 8. The standard InChI is InChI=1S/C12H18F2N2O2.C7H8S.C5H8O/c1-3-8(7-15-2)16-9-4-5-11(10(17)6-9)18-12(13)14;1-6-2-4-7(8)5-3-6;1-5(4-6)2-3-5/h4-6,8,12,15-17H,3,7H2,1-2H3;2-5,8H,1H3;4H,2-3H2,1H3. The third kappa shape index (κ3) is 11.3. The van der Waals surface area contributed by atoms with E-state index in [9.17, 15) is 18.7 Å². The molecule has 0 amide bonds. The van der Waals surface area contributed by atoms with Crippen molar-refractivity contribution in [3.05, 3.63) is 48.0 Å². The Morgan fingerprint density at radius 2 is 1.84 bits per heavy atom. The van der Waals surface area contributed by atoms with Gasteiger partial charge in [0.1, 0.15) is 6.29 Å². The number of aldehydes is 1.